The first-order valence-electron chi connectivity index (χ1n) is 6.08. The van der Waals surface area contributed by atoms with Crippen LogP contribution in [0.15, 0.2) is 0 Å². The lowest BCUT2D eigenvalue weighted by Crippen LogP contribution is -2.31. The highest BCUT2D eigenvalue weighted by molar-refractivity contribution is 5.86. The van der Waals surface area contributed by atoms with E-state index in [0.29, 0.717) is 24.6 Å². The van der Waals surface area contributed by atoms with Crippen molar-refractivity contribution >= 4 is 11.9 Å². The van der Waals surface area contributed by atoms with Gasteiger partial charge in [-0.15, -0.1) is 5.10 Å². The van der Waals surface area contributed by atoms with Gasteiger partial charge in [-0.3, -0.25) is 4.79 Å². The highest BCUT2D eigenvalue weighted by Crippen LogP contribution is 2.06. The summed E-state index contributed by atoms with van der Waals surface area (Å²) in [6.07, 6.45) is 0.312. The van der Waals surface area contributed by atoms with Gasteiger partial charge < -0.3 is 16.2 Å². The number of hydrogen-bond acceptors (Lipinski definition) is 5. The summed E-state index contributed by atoms with van der Waals surface area (Å²) in [6.45, 7) is 4.74. The lowest BCUT2D eigenvalue weighted by molar-refractivity contribution is -0.122. The number of nitrogens with zero attached hydrogens (tertiary/aromatic N) is 3. The van der Waals surface area contributed by atoms with E-state index < -0.39 is 5.97 Å². The SMILES string of the molecule is CC(C)CNC(=O)Cn1nnc(C(=O)O)c1CCN. The number of nitrogens with one attached hydrogen (secondary N) is 1. The third-order valence-corrected chi connectivity index (χ3v) is 2.42. The van der Waals surface area contributed by atoms with Gasteiger partial charge in [0.25, 0.3) is 0 Å². The van der Waals surface area contributed by atoms with Crippen LogP contribution < -0.4 is 11.1 Å². The predicted octanol–water partition coefficient (Wildman–Crippen LogP) is -0.750. The number of hydrogen-bond donors (Lipinski definition) is 3. The van der Waals surface area contributed by atoms with E-state index in [2.05, 4.69) is 15.6 Å². The highest BCUT2D eigenvalue weighted by Gasteiger charge is 2.19. The van der Waals surface area contributed by atoms with Gasteiger partial charge in [0, 0.05) is 13.0 Å². The Hall–Kier alpha value is -1.96. The van der Waals surface area contributed by atoms with E-state index in [0.717, 1.165) is 0 Å². The minimum absolute atomic E-state index is 0.0532. The number of carboxylic acid groups (broad SMARTS) is 1. The second-order valence-corrected chi connectivity index (χ2v) is 4.58. The van der Waals surface area contributed by atoms with Crippen LogP contribution in [0.25, 0.3) is 0 Å². The number of aromatic carboxylic acids is 1. The Morgan fingerprint density at radius 1 is 1.47 bits per heavy atom. The van der Waals surface area contributed by atoms with Crippen molar-refractivity contribution in [2.75, 3.05) is 13.1 Å². The van der Waals surface area contributed by atoms with Gasteiger partial charge in [0.2, 0.25) is 5.91 Å². The number of carbonyl (C=O) groups excluding carboxylic acids is 1. The van der Waals surface area contributed by atoms with Crippen LogP contribution >= 0.6 is 0 Å². The predicted molar refractivity (Wildman–Crippen MR) is 67.6 cm³/mol. The van der Waals surface area contributed by atoms with Crippen molar-refractivity contribution in [1.82, 2.24) is 20.3 Å². The molecule has 1 rings (SSSR count). The zero-order chi connectivity index (χ0) is 14.4. The Morgan fingerprint density at radius 2 is 2.16 bits per heavy atom. The maximum atomic E-state index is 11.7. The fourth-order valence-corrected chi connectivity index (χ4v) is 1.52. The first-order chi connectivity index (χ1) is 8.95. The Morgan fingerprint density at radius 3 is 2.68 bits per heavy atom. The third-order valence-electron chi connectivity index (χ3n) is 2.42. The van der Waals surface area contributed by atoms with Crippen LogP contribution in [0.4, 0.5) is 0 Å². The molecule has 8 nitrogen and oxygen atoms in total. The fraction of sp³-hybridized carbons (Fsp3) is 0.636. The van der Waals surface area contributed by atoms with Gasteiger partial charge in [0.05, 0.1) is 5.69 Å². The molecule has 0 aliphatic heterocycles. The standard InChI is InChI=1S/C11H19N5O3/c1-7(2)5-13-9(17)6-16-8(3-4-12)10(11(18)19)14-15-16/h7H,3-6,12H2,1-2H3,(H,13,17)(H,18,19). The molecule has 0 saturated heterocycles. The van der Waals surface area contributed by atoms with Crippen molar-refractivity contribution in [3.05, 3.63) is 11.4 Å². The number of carboxylic acids is 1. The van der Waals surface area contributed by atoms with Crippen molar-refractivity contribution in [3.63, 3.8) is 0 Å². The molecule has 0 saturated carbocycles. The Bertz CT molecular complexity index is 455. The second-order valence-electron chi connectivity index (χ2n) is 4.58. The summed E-state index contributed by atoms with van der Waals surface area (Å²) >= 11 is 0. The summed E-state index contributed by atoms with van der Waals surface area (Å²) in [6, 6.07) is 0. The molecule has 0 fully saturated rings. The zero-order valence-electron chi connectivity index (χ0n) is 11.1. The fourth-order valence-electron chi connectivity index (χ4n) is 1.52. The van der Waals surface area contributed by atoms with Gasteiger partial charge in [-0.2, -0.15) is 0 Å². The summed E-state index contributed by atoms with van der Waals surface area (Å²) in [7, 11) is 0. The Kier molecular flexibility index (Phi) is 5.43. The maximum Gasteiger partial charge on any atom is 0.358 e. The molecule has 1 heterocycles. The van der Waals surface area contributed by atoms with Crippen LogP contribution in [-0.2, 0) is 17.8 Å². The van der Waals surface area contributed by atoms with Crippen LogP contribution in [0.3, 0.4) is 0 Å². The zero-order valence-corrected chi connectivity index (χ0v) is 11.1. The minimum Gasteiger partial charge on any atom is -0.476 e. The lowest BCUT2D eigenvalue weighted by Gasteiger charge is -2.09. The molecule has 0 atom stereocenters. The molecule has 0 spiro atoms. The molecular weight excluding hydrogens is 250 g/mol. The molecule has 8 heteroatoms. The van der Waals surface area contributed by atoms with Gasteiger partial charge >= 0.3 is 5.97 Å². The van der Waals surface area contributed by atoms with Gasteiger partial charge in [-0.05, 0) is 12.5 Å². The normalized spacial score (nSPS) is 10.7. The third kappa shape index (κ3) is 4.32. The molecule has 0 unspecified atom stereocenters. The Labute approximate surface area is 111 Å². The van der Waals surface area contributed by atoms with E-state index in [9.17, 15) is 9.59 Å². The van der Waals surface area contributed by atoms with Crippen LogP contribution in [0.1, 0.15) is 30.0 Å². The van der Waals surface area contributed by atoms with Crippen molar-refractivity contribution < 1.29 is 14.7 Å². The molecule has 0 radical (unpaired) electrons. The van der Waals surface area contributed by atoms with Crippen molar-refractivity contribution in [3.8, 4) is 0 Å². The smallest absolute Gasteiger partial charge is 0.358 e. The van der Waals surface area contributed by atoms with Crippen molar-refractivity contribution in [2.24, 2.45) is 11.7 Å². The number of aromatic nitrogens is 3. The van der Waals surface area contributed by atoms with E-state index in [1.807, 2.05) is 13.8 Å². The second kappa shape index (κ2) is 6.83. The lowest BCUT2D eigenvalue weighted by atomic mass is 10.2. The van der Waals surface area contributed by atoms with E-state index in [1.54, 1.807) is 0 Å². The average Bonchev–Trinajstić information content (AvgIpc) is 2.70. The van der Waals surface area contributed by atoms with Crippen LogP contribution in [0.5, 0.6) is 0 Å². The quantitative estimate of drug-likeness (QED) is 0.598. The summed E-state index contributed by atoms with van der Waals surface area (Å²) in [5.41, 5.74) is 5.64. The minimum atomic E-state index is -1.17. The number of nitrogens with two attached hydrogens (primary N) is 1. The topological polar surface area (TPSA) is 123 Å². The first kappa shape index (κ1) is 15.1. The number of carbonyl (C=O) groups is 2. The Balaban J connectivity index is 2.77. The van der Waals surface area contributed by atoms with Gasteiger partial charge in [0.15, 0.2) is 5.69 Å². The molecule has 1 amide bonds. The summed E-state index contributed by atoms with van der Waals surface area (Å²) < 4.78 is 1.28. The summed E-state index contributed by atoms with van der Waals surface area (Å²) in [5.74, 6) is -1.05. The molecule has 0 bridgehead atoms. The molecule has 1 aromatic heterocycles. The maximum absolute atomic E-state index is 11.7. The highest BCUT2D eigenvalue weighted by atomic mass is 16.4. The molecule has 0 aliphatic carbocycles. The number of rotatable bonds is 7. The van der Waals surface area contributed by atoms with E-state index >= 15 is 0 Å². The summed E-state index contributed by atoms with van der Waals surface area (Å²) in [4.78, 5) is 22.6. The average molecular weight is 269 g/mol. The number of amides is 1. The summed E-state index contributed by atoms with van der Waals surface area (Å²) in [5, 5.41) is 18.9. The van der Waals surface area contributed by atoms with E-state index in [1.165, 1.54) is 4.68 Å². The molecule has 0 aliphatic rings. The molecule has 19 heavy (non-hydrogen) atoms. The van der Waals surface area contributed by atoms with E-state index in [4.69, 9.17) is 10.8 Å². The molecule has 106 valence electrons. The molecular formula is C11H19N5O3. The molecule has 4 N–H and O–H groups in total. The van der Waals surface area contributed by atoms with Crippen molar-refractivity contribution in [2.45, 2.75) is 26.8 Å². The molecule has 0 aromatic carbocycles. The monoisotopic (exact) mass is 269 g/mol. The van der Waals surface area contributed by atoms with Gasteiger partial charge in [-0.1, -0.05) is 19.1 Å². The van der Waals surface area contributed by atoms with Crippen LogP contribution in [-0.4, -0.2) is 45.1 Å². The molecule has 1 aromatic rings. The largest absolute Gasteiger partial charge is 0.476 e. The van der Waals surface area contributed by atoms with Crippen molar-refractivity contribution in [1.29, 1.82) is 0 Å². The van der Waals surface area contributed by atoms with Crippen LogP contribution in [0, 0.1) is 5.92 Å². The van der Waals surface area contributed by atoms with E-state index in [-0.39, 0.29) is 24.7 Å². The van der Waals surface area contributed by atoms with Gasteiger partial charge in [-0.25, -0.2) is 9.48 Å². The first-order valence-corrected chi connectivity index (χ1v) is 6.08. The van der Waals surface area contributed by atoms with Crippen LogP contribution in [0.2, 0.25) is 0 Å². The van der Waals surface area contributed by atoms with Gasteiger partial charge in [0.1, 0.15) is 6.54 Å².